The maximum absolute atomic E-state index is 12.2. The molecule has 1 aliphatic heterocycles. The Hall–Kier alpha value is -4.47. The molecule has 0 spiro atoms. The number of thiocarbonyl (C=S) groups is 1. The van der Waals surface area contributed by atoms with Crippen molar-refractivity contribution in [2.45, 2.75) is 58.3 Å². The molecule has 3 aromatic rings. The van der Waals surface area contributed by atoms with Crippen molar-refractivity contribution in [3.05, 3.63) is 65.1 Å². The fourth-order valence-electron chi connectivity index (χ4n) is 4.64. The van der Waals surface area contributed by atoms with Gasteiger partial charge in [0.05, 0.1) is 11.4 Å². The minimum atomic E-state index is -1.36. The van der Waals surface area contributed by atoms with E-state index < -0.39 is 54.5 Å². The van der Waals surface area contributed by atoms with Crippen molar-refractivity contribution < 1.29 is 42.9 Å². The fourth-order valence-corrected chi connectivity index (χ4v) is 5.11. The average Bonchev–Trinajstić information content (AvgIpc) is 2.99. The highest BCUT2D eigenvalue weighted by Crippen LogP contribution is 2.29. The van der Waals surface area contributed by atoms with Crippen molar-refractivity contribution in [3.8, 4) is 22.5 Å². The summed E-state index contributed by atoms with van der Waals surface area (Å²) in [4.78, 5) is 57.2. The van der Waals surface area contributed by atoms with Crippen molar-refractivity contribution in [1.82, 2.24) is 15.3 Å². The van der Waals surface area contributed by atoms with E-state index in [2.05, 4.69) is 36.5 Å². The molecule has 1 saturated heterocycles. The first-order valence-electron chi connectivity index (χ1n) is 14.0. The molecule has 46 heavy (non-hydrogen) atoms. The van der Waals surface area contributed by atoms with Gasteiger partial charge in [-0.3, -0.25) is 19.2 Å². The van der Waals surface area contributed by atoms with Crippen LogP contribution in [-0.2, 0) is 42.9 Å². The minimum Gasteiger partial charge on any atom is -0.463 e. The van der Waals surface area contributed by atoms with Crippen LogP contribution in [-0.4, -0.2) is 76.2 Å². The number of nitrogens with zero attached hydrogens (tertiary/aromatic N) is 2. The maximum Gasteiger partial charge on any atom is 0.303 e. The molecule has 13 nitrogen and oxygen atoms in total. The lowest BCUT2D eigenvalue weighted by atomic mass is 9.97. The average molecular weight is 716 g/mol. The van der Waals surface area contributed by atoms with Crippen LogP contribution in [0.15, 0.2) is 65.1 Å². The van der Waals surface area contributed by atoms with E-state index in [-0.39, 0.29) is 17.7 Å². The van der Waals surface area contributed by atoms with Crippen molar-refractivity contribution in [2.75, 3.05) is 11.9 Å². The van der Waals surface area contributed by atoms with Gasteiger partial charge in [-0.05, 0) is 30.4 Å². The Morgan fingerprint density at radius 1 is 0.783 bits per heavy atom. The van der Waals surface area contributed by atoms with Crippen molar-refractivity contribution >= 4 is 63.1 Å². The van der Waals surface area contributed by atoms with Gasteiger partial charge in [0.25, 0.3) is 0 Å². The summed E-state index contributed by atoms with van der Waals surface area (Å²) in [6.45, 7) is 4.24. The minimum absolute atomic E-state index is 0.0483. The summed E-state index contributed by atoms with van der Waals surface area (Å²) < 4.78 is 28.5. The zero-order chi connectivity index (χ0) is 33.4. The van der Waals surface area contributed by atoms with Crippen LogP contribution in [0.4, 0.5) is 5.95 Å². The van der Waals surface area contributed by atoms with E-state index in [0.717, 1.165) is 36.4 Å². The normalized spacial score (nSPS) is 20.5. The van der Waals surface area contributed by atoms with E-state index in [1.165, 1.54) is 6.92 Å². The van der Waals surface area contributed by atoms with Crippen LogP contribution in [0, 0.1) is 0 Å². The van der Waals surface area contributed by atoms with E-state index in [0.29, 0.717) is 11.4 Å². The standard InChI is InChI=1S/C31H31BrN4O9S/c1-16(37)41-15-25-26(42-17(2)38)27(43-18(3)39)28(44-19(4)40)29(45-25)35-31(46)36-30-33-23(20-8-6-5-7-9-20)14-24(34-30)21-10-12-22(32)13-11-21/h5-14,25-29H,15H2,1-4H3,(H2,33,34,35,36,46). The first-order valence-corrected chi connectivity index (χ1v) is 15.2. The Kier molecular flexibility index (Phi) is 11.7. The monoisotopic (exact) mass is 714 g/mol. The number of carbonyl (C=O) groups is 4. The Morgan fingerprint density at radius 2 is 1.33 bits per heavy atom. The third kappa shape index (κ3) is 9.52. The molecule has 0 amide bonds. The van der Waals surface area contributed by atoms with Crippen LogP contribution in [0.5, 0.6) is 0 Å². The topological polar surface area (TPSA) is 164 Å². The number of nitrogens with one attached hydrogen (secondary N) is 2. The lowest BCUT2D eigenvalue weighted by Gasteiger charge is -2.44. The molecule has 4 rings (SSSR count). The van der Waals surface area contributed by atoms with Crippen LogP contribution in [0.25, 0.3) is 22.5 Å². The van der Waals surface area contributed by atoms with Gasteiger partial charge < -0.3 is 34.3 Å². The lowest BCUT2D eigenvalue weighted by Crippen LogP contribution is -2.66. The van der Waals surface area contributed by atoms with Crippen LogP contribution in [0.2, 0.25) is 0 Å². The first kappa shape index (κ1) is 34.4. The van der Waals surface area contributed by atoms with Gasteiger partial charge in [-0.2, -0.15) is 0 Å². The zero-order valence-corrected chi connectivity index (χ0v) is 27.6. The summed E-state index contributed by atoms with van der Waals surface area (Å²) in [6, 6.07) is 18.9. The molecule has 0 radical (unpaired) electrons. The quantitative estimate of drug-likeness (QED) is 0.186. The number of halogens is 1. The molecule has 0 saturated carbocycles. The molecule has 0 bridgehead atoms. The second-order valence-corrected chi connectivity index (χ2v) is 11.4. The number of esters is 4. The number of carbonyl (C=O) groups excluding carboxylic acids is 4. The fraction of sp³-hybridized carbons (Fsp3) is 0.323. The summed E-state index contributed by atoms with van der Waals surface area (Å²) >= 11 is 9.03. The zero-order valence-electron chi connectivity index (χ0n) is 25.2. The van der Waals surface area contributed by atoms with Gasteiger partial charge in [-0.1, -0.05) is 58.4 Å². The second kappa shape index (κ2) is 15.7. The third-order valence-corrected chi connectivity index (χ3v) is 7.17. The Morgan fingerprint density at radius 3 is 1.89 bits per heavy atom. The number of benzene rings is 2. The highest BCUT2D eigenvalue weighted by atomic mass is 79.9. The molecule has 5 unspecified atom stereocenters. The van der Waals surface area contributed by atoms with Crippen molar-refractivity contribution in [3.63, 3.8) is 0 Å². The Balaban J connectivity index is 1.66. The van der Waals surface area contributed by atoms with Gasteiger partial charge in [0, 0.05) is 43.3 Å². The number of hydrogen-bond acceptors (Lipinski definition) is 12. The molecule has 0 aliphatic carbocycles. The molecule has 5 atom stereocenters. The largest absolute Gasteiger partial charge is 0.463 e. The summed E-state index contributed by atoms with van der Waals surface area (Å²) in [5.74, 6) is -2.72. The van der Waals surface area contributed by atoms with E-state index >= 15 is 0 Å². The highest BCUT2D eigenvalue weighted by molar-refractivity contribution is 9.10. The Labute approximate surface area is 278 Å². The van der Waals surface area contributed by atoms with Crippen LogP contribution < -0.4 is 10.6 Å². The highest BCUT2D eigenvalue weighted by Gasteiger charge is 2.52. The molecule has 2 aromatic carbocycles. The third-order valence-electron chi connectivity index (χ3n) is 6.43. The predicted molar refractivity (Wildman–Crippen MR) is 172 cm³/mol. The van der Waals surface area contributed by atoms with Crippen molar-refractivity contribution in [2.24, 2.45) is 0 Å². The molecule has 1 fully saturated rings. The van der Waals surface area contributed by atoms with E-state index in [1.54, 1.807) is 0 Å². The molecular formula is C31H31BrN4O9S. The van der Waals surface area contributed by atoms with Gasteiger partial charge in [0.15, 0.2) is 29.7 Å². The van der Waals surface area contributed by atoms with Crippen LogP contribution in [0.3, 0.4) is 0 Å². The summed E-state index contributed by atoms with van der Waals surface area (Å²) in [5.41, 5.74) is 2.89. The molecule has 1 aromatic heterocycles. The van der Waals surface area contributed by atoms with Gasteiger partial charge >= 0.3 is 23.9 Å². The summed E-state index contributed by atoms with van der Waals surface area (Å²) in [6.07, 6.45) is -6.44. The first-order chi connectivity index (χ1) is 21.9. The number of ether oxygens (including phenoxy) is 5. The lowest BCUT2D eigenvalue weighted by molar-refractivity contribution is -0.254. The van der Waals surface area contributed by atoms with Crippen LogP contribution >= 0.6 is 28.1 Å². The van der Waals surface area contributed by atoms with Crippen LogP contribution in [0.1, 0.15) is 27.7 Å². The summed E-state index contributed by atoms with van der Waals surface area (Å²) in [5, 5.41) is 5.81. The van der Waals surface area contributed by atoms with Gasteiger partial charge in [-0.15, -0.1) is 0 Å². The number of anilines is 1. The smallest absolute Gasteiger partial charge is 0.303 e. The Bertz CT molecular complexity index is 1590. The molecule has 2 heterocycles. The number of hydrogen-bond donors (Lipinski definition) is 2. The SMILES string of the molecule is CC(=O)OCC1OC(NC(=S)Nc2nc(-c3ccccc3)cc(-c3ccc(Br)cc3)n2)C(OC(C)=O)C(OC(C)=O)C1OC(C)=O. The van der Waals surface area contributed by atoms with Gasteiger partial charge in [0.2, 0.25) is 5.95 Å². The number of aromatic nitrogens is 2. The predicted octanol–water partition coefficient (Wildman–Crippen LogP) is 3.94. The van der Waals surface area contributed by atoms with Gasteiger partial charge in [0.1, 0.15) is 12.7 Å². The second-order valence-electron chi connectivity index (χ2n) is 10.1. The van der Waals surface area contributed by atoms with Crippen molar-refractivity contribution in [1.29, 1.82) is 0 Å². The van der Waals surface area contributed by atoms with E-state index in [4.69, 9.17) is 35.9 Å². The molecule has 1 aliphatic rings. The maximum atomic E-state index is 12.2. The number of rotatable bonds is 9. The van der Waals surface area contributed by atoms with Gasteiger partial charge in [-0.25, -0.2) is 9.97 Å². The van der Waals surface area contributed by atoms with E-state index in [1.807, 2.05) is 60.7 Å². The molecule has 2 N–H and O–H groups in total. The molecule has 242 valence electrons. The summed E-state index contributed by atoms with van der Waals surface area (Å²) in [7, 11) is 0. The molecular weight excluding hydrogens is 684 g/mol. The molecule has 15 heteroatoms. The van der Waals surface area contributed by atoms with E-state index in [9.17, 15) is 19.2 Å².